The summed E-state index contributed by atoms with van der Waals surface area (Å²) in [6.45, 7) is 4.85. The molecule has 1 amide bonds. The van der Waals surface area contributed by atoms with Crippen LogP contribution in [0.3, 0.4) is 0 Å². The molecule has 144 valence electrons. The van der Waals surface area contributed by atoms with Crippen LogP contribution in [0.15, 0.2) is 6.07 Å². The highest BCUT2D eigenvalue weighted by Crippen LogP contribution is 2.33. The molecule has 2 N–H and O–H groups in total. The summed E-state index contributed by atoms with van der Waals surface area (Å²) in [4.78, 5) is 32.7. The Kier molecular flexibility index (Phi) is 6.43. The minimum absolute atomic E-state index is 0.572. The number of nitrogens with one attached hydrogen (secondary N) is 1. The van der Waals surface area contributed by atoms with E-state index in [1.807, 2.05) is 5.32 Å². The van der Waals surface area contributed by atoms with Gasteiger partial charge in [0.2, 0.25) is 11.6 Å². The standard InChI is InChI=1S/C15H18F2N2O7/c1-7-8(16)5-10(12(11(7)17)19(23)24)25-6-9(13(20)21)18-14(22)26-15(2,3)4/h5,9H,6H2,1-4H3,(H,18,22)(H,20,21)/t9-/m0/s1. The quantitative estimate of drug-likeness (QED) is 0.577. The van der Waals surface area contributed by atoms with E-state index in [0.29, 0.717) is 6.07 Å². The summed E-state index contributed by atoms with van der Waals surface area (Å²) in [6.07, 6.45) is -1.07. The largest absolute Gasteiger partial charge is 0.484 e. The van der Waals surface area contributed by atoms with Gasteiger partial charge in [-0.15, -0.1) is 0 Å². The van der Waals surface area contributed by atoms with Crippen LogP contribution in [0.25, 0.3) is 0 Å². The van der Waals surface area contributed by atoms with E-state index in [4.69, 9.17) is 14.6 Å². The Morgan fingerprint density at radius 3 is 2.42 bits per heavy atom. The topological polar surface area (TPSA) is 128 Å². The lowest BCUT2D eigenvalue weighted by Gasteiger charge is -2.22. The second kappa shape index (κ2) is 7.93. The zero-order valence-electron chi connectivity index (χ0n) is 14.5. The van der Waals surface area contributed by atoms with Crippen molar-refractivity contribution in [3.05, 3.63) is 33.4 Å². The fourth-order valence-electron chi connectivity index (χ4n) is 1.76. The number of ether oxygens (including phenoxy) is 2. The predicted octanol–water partition coefficient (Wildman–Crippen LogP) is 2.54. The molecule has 1 aromatic carbocycles. The van der Waals surface area contributed by atoms with Gasteiger partial charge in [0.15, 0.2) is 6.04 Å². The van der Waals surface area contributed by atoms with Gasteiger partial charge in [-0.25, -0.2) is 14.0 Å². The predicted molar refractivity (Wildman–Crippen MR) is 84.0 cm³/mol. The molecule has 0 saturated heterocycles. The average Bonchev–Trinajstić information content (AvgIpc) is 2.46. The molecular weight excluding hydrogens is 358 g/mol. The van der Waals surface area contributed by atoms with Crippen LogP contribution in [-0.4, -0.2) is 40.3 Å². The number of aliphatic carboxylic acids is 1. The van der Waals surface area contributed by atoms with E-state index in [9.17, 15) is 28.5 Å². The molecule has 0 spiro atoms. The maximum absolute atomic E-state index is 13.9. The summed E-state index contributed by atoms with van der Waals surface area (Å²) >= 11 is 0. The number of nitrogens with zero attached hydrogens (tertiary/aromatic N) is 1. The van der Waals surface area contributed by atoms with Gasteiger partial charge < -0.3 is 19.9 Å². The summed E-state index contributed by atoms with van der Waals surface area (Å²) in [7, 11) is 0. The molecular formula is C15H18F2N2O7. The van der Waals surface area contributed by atoms with Gasteiger partial charge in [-0.05, 0) is 27.7 Å². The van der Waals surface area contributed by atoms with Crippen molar-refractivity contribution >= 4 is 17.7 Å². The first kappa shape index (κ1) is 21.1. The number of hydrogen-bond acceptors (Lipinski definition) is 6. The number of amides is 1. The van der Waals surface area contributed by atoms with Crippen molar-refractivity contribution in [1.82, 2.24) is 5.32 Å². The third-order valence-electron chi connectivity index (χ3n) is 2.96. The molecule has 1 atom stereocenters. The fourth-order valence-corrected chi connectivity index (χ4v) is 1.76. The van der Waals surface area contributed by atoms with E-state index in [2.05, 4.69) is 0 Å². The Balaban J connectivity index is 2.99. The van der Waals surface area contributed by atoms with Crippen molar-refractivity contribution in [2.45, 2.75) is 39.3 Å². The van der Waals surface area contributed by atoms with Crippen LogP contribution in [-0.2, 0) is 9.53 Å². The number of carbonyl (C=O) groups is 2. The maximum atomic E-state index is 13.9. The number of hydrogen-bond donors (Lipinski definition) is 2. The summed E-state index contributed by atoms with van der Waals surface area (Å²) in [6, 6.07) is -1.10. The van der Waals surface area contributed by atoms with Crippen molar-refractivity contribution < 1.29 is 37.9 Å². The fraction of sp³-hybridized carbons (Fsp3) is 0.467. The van der Waals surface area contributed by atoms with E-state index < -0.39 is 63.9 Å². The summed E-state index contributed by atoms with van der Waals surface area (Å²) in [5, 5.41) is 22.1. The molecule has 26 heavy (non-hydrogen) atoms. The maximum Gasteiger partial charge on any atom is 0.408 e. The third kappa shape index (κ3) is 5.53. The first-order valence-electron chi connectivity index (χ1n) is 7.31. The number of carboxylic acids is 1. The van der Waals surface area contributed by atoms with Gasteiger partial charge in [0.05, 0.1) is 4.92 Å². The Morgan fingerprint density at radius 1 is 1.38 bits per heavy atom. The van der Waals surface area contributed by atoms with Crippen molar-refractivity contribution in [3.63, 3.8) is 0 Å². The monoisotopic (exact) mass is 376 g/mol. The Hall–Kier alpha value is -2.98. The smallest absolute Gasteiger partial charge is 0.408 e. The van der Waals surface area contributed by atoms with E-state index in [0.717, 1.165) is 6.92 Å². The molecule has 1 rings (SSSR count). The van der Waals surface area contributed by atoms with Gasteiger partial charge >= 0.3 is 17.7 Å². The van der Waals surface area contributed by atoms with Gasteiger partial charge in [0.1, 0.15) is 18.0 Å². The molecule has 0 bridgehead atoms. The molecule has 0 aliphatic carbocycles. The minimum atomic E-state index is -1.67. The van der Waals surface area contributed by atoms with Crippen LogP contribution >= 0.6 is 0 Å². The number of nitro groups is 1. The number of benzene rings is 1. The zero-order chi connectivity index (χ0) is 20.2. The second-order valence-electron chi connectivity index (χ2n) is 6.25. The van der Waals surface area contributed by atoms with Crippen LogP contribution in [0.4, 0.5) is 19.3 Å². The molecule has 0 aliphatic heterocycles. The first-order chi connectivity index (χ1) is 11.8. The summed E-state index contributed by atoms with van der Waals surface area (Å²) in [5.74, 6) is -4.87. The molecule has 0 heterocycles. The highest BCUT2D eigenvalue weighted by molar-refractivity contribution is 5.80. The van der Waals surface area contributed by atoms with Crippen molar-refractivity contribution in [2.24, 2.45) is 0 Å². The molecule has 0 fully saturated rings. The van der Waals surface area contributed by atoms with Crippen LogP contribution < -0.4 is 10.1 Å². The highest BCUT2D eigenvalue weighted by Gasteiger charge is 2.29. The molecule has 0 aliphatic rings. The number of rotatable bonds is 6. The lowest BCUT2D eigenvalue weighted by Crippen LogP contribution is -2.46. The number of carbonyl (C=O) groups excluding carboxylic acids is 1. The zero-order valence-corrected chi connectivity index (χ0v) is 14.5. The first-order valence-corrected chi connectivity index (χ1v) is 7.31. The van der Waals surface area contributed by atoms with Crippen LogP contribution in [0, 0.1) is 28.7 Å². The van der Waals surface area contributed by atoms with E-state index in [1.54, 1.807) is 20.8 Å². The Bertz CT molecular complexity index is 732. The van der Waals surface area contributed by atoms with Crippen molar-refractivity contribution in [1.29, 1.82) is 0 Å². The number of halogens is 2. The molecule has 0 saturated carbocycles. The number of nitro benzene ring substituents is 1. The van der Waals surface area contributed by atoms with Crippen LogP contribution in [0.2, 0.25) is 0 Å². The Morgan fingerprint density at radius 2 is 1.96 bits per heavy atom. The van der Waals surface area contributed by atoms with E-state index in [1.165, 1.54) is 0 Å². The lowest BCUT2D eigenvalue weighted by atomic mass is 10.2. The normalized spacial score (nSPS) is 12.2. The van der Waals surface area contributed by atoms with Crippen molar-refractivity contribution in [3.8, 4) is 5.75 Å². The van der Waals surface area contributed by atoms with E-state index in [-0.39, 0.29) is 0 Å². The van der Waals surface area contributed by atoms with E-state index >= 15 is 0 Å². The summed E-state index contributed by atoms with van der Waals surface area (Å²) in [5.41, 5.74) is -2.60. The molecule has 9 nitrogen and oxygen atoms in total. The van der Waals surface area contributed by atoms with Gasteiger partial charge in [-0.3, -0.25) is 10.1 Å². The van der Waals surface area contributed by atoms with Gasteiger partial charge in [0, 0.05) is 11.6 Å². The SMILES string of the molecule is Cc1c(F)cc(OC[C@H](NC(=O)OC(C)(C)C)C(=O)O)c([N+](=O)[O-])c1F. The molecule has 1 aromatic rings. The van der Waals surface area contributed by atoms with Gasteiger partial charge in [-0.2, -0.15) is 4.39 Å². The molecule has 0 unspecified atom stereocenters. The lowest BCUT2D eigenvalue weighted by molar-refractivity contribution is -0.388. The minimum Gasteiger partial charge on any atom is -0.484 e. The molecule has 0 aromatic heterocycles. The van der Waals surface area contributed by atoms with Crippen molar-refractivity contribution in [2.75, 3.05) is 6.61 Å². The second-order valence-corrected chi connectivity index (χ2v) is 6.25. The third-order valence-corrected chi connectivity index (χ3v) is 2.96. The highest BCUT2D eigenvalue weighted by atomic mass is 19.1. The number of carboxylic acid groups (broad SMARTS) is 1. The van der Waals surface area contributed by atoms with Crippen LogP contribution in [0.1, 0.15) is 26.3 Å². The number of alkyl carbamates (subject to hydrolysis) is 1. The molecule has 11 heteroatoms. The summed E-state index contributed by atoms with van der Waals surface area (Å²) < 4.78 is 37.3. The average molecular weight is 376 g/mol. The molecule has 0 radical (unpaired) electrons. The van der Waals surface area contributed by atoms with Gasteiger partial charge in [0.25, 0.3) is 0 Å². The van der Waals surface area contributed by atoms with Crippen LogP contribution in [0.5, 0.6) is 5.75 Å². The Labute approximate surface area is 147 Å². The van der Waals surface area contributed by atoms with Gasteiger partial charge in [-0.1, -0.05) is 0 Å².